The fourth-order valence-corrected chi connectivity index (χ4v) is 5.13. The lowest BCUT2D eigenvalue weighted by atomic mass is 10.1. The van der Waals surface area contributed by atoms with Crippen molar-refractivity contribution in [3.05, 3.63) is 44.4 Å². The maximum Gasteiger partial charge on any atom is 0.469 e. The third-order valence-corrected chi connectivity index (χ3v) is 8.06. The highest BCUT2D eigenvalue weighted by Gasteiger charge is 2.47. The van der Waals surface area contributed by atoms with Crippen LogP contribution in [-0.2, 0) is 27.7 Å². The number of aromatic nitrogens is 2. The number of rotatable bonds is 8. The quantitative estimate of drug-likeness (QED) is 0.0951. The Labute approximate surface area is 269 Å². The van der Waals surface area contributed by atoms with Gasteiger partial charge in [0.2, 0.25) is 0 Å². The average molecular weight is 800 g/mol. The Balaban J connectivity index is 0.000000307. The lowest BCUT2D eigenvalue weighted by Gasteiger charge is -2.31. The van der Waals surface area contributed by atoms with Crippen LogP contribution in [0.3, 0.4) is 0 Å². The van der Waals surface area contributed by atoms with E-state index in [4.69, 9.17) is 40.5 Å². The van der Waals surface area contributed by atoms with Crippen LogP contribution < -0.4 is 17.2 Å². The molecular formula is C21H35IN6O15P2. The van der Waals surface area contributed by atoms with E-state index in [0.29, 0.717) is 9.14 Å². The molecule has 12 N–H and O–H groups in total. The van der Waals surface area contributed by atoms with Crippen molar-refractivity contribution in [3.8, 4) is 0 Å². The molecule has 8 atom stereocenters. The van der Waals surface area contributed by atoms with Gasteiger partial charge in [0.25, 0.3) is 0 Å². The fraction of sp³-hybridized carbons (Fsp3) is 0.571. The molecule has 0 amide bonds. The SMILES string of the molecule is C.C=C1N=C(N)C(C)=CN1C1OC(COP(=O)(O)O)C(O)C1O.Nc1nc(=O)n(C2OC(COP(=O)(O)O)C(O)C2O)cc1I. The Morgan fingerprint density at radius 2 is 1.42 bits per heavy atom. The summed E-state index contributed by atoms with van der Waals surface area (Å²) in [5.74, 6) is 0.489. The molecule has 1 aromatic heterocycles. The summed E-state index contributed by atoms with van der Waals surface area (Å²) < 4.78 is 41.9. The number of phosphoric ester groups is 2. The van der Waals surface area contributed by atoms with E-state index in [1.807, 2.05) is 22.6 Å². The Morgan fingerprint density at radius 1 is 0.956 bits per heavy atom. The second-order valence-corrected chi connectivity index (χ2v) is 13.1. The summed E-state index contributed by atoms with van der Waals surface area (Å²) in [6, 6.07) is 0. The highest BCUT2D eigenvalue weighted by Crippen LogP contribution is 2.39. The summed E-state index contributed by atoms with van der Waals surface area (Å²) in [6.45, 7) is 4.14. The smallest absolute Gasteiger partial charge is 0.387 e. The van der Waals surface area contributed by atoms with Gasteiger partial charge in [0.15, 0.2) is 12.5 Å². The summed E-state index contributed by atoms with van der Waals surface area (Å²) in [5, 5.41) is 39.8. The first-order valence-electron chi connectivity index (χ1n) is 12.2. The van der Waals surface area contributed by atoms with Crippen LogP contribution in [0.15, 0.2) is 40.2 Å². The van der Waals surface area contributed by atoms with Crippen LogP contribution in [0.4, 0.5) is 5.82 Å². The number of hydrogen-bond donors (Lipinski definition) is 10. The van der Waals surface area contributed by atoms with Gasteiger partial charge < -0.3 is 65.8 Å². The summed E-state index contributed by atoms with van der Waals surface area (Å²) in [6.07, 6.45) is -7.55. The first kappa shape index (κ1) is 39.3. The number of nitrogens with two attached hydrogens (primary N) is 2. The molecule has 45 heavy (non-hydrogen) atoms. The molecule has 2 fully saturated rings. The van der Waals surface area contributed by atoms with E-state index < -0.39 is 83.6 Å². The Kier molecular flexibility index (Phi) is 13.4. The van der Waals surface area contributed by atoms with Gasteiger partial charge >= 0.3 is 21.3 Å². The molecule has 0 bridgehead atoms. The largest absolute Gasteiger partial charge is 0.469 e. The van der Waals surface area contributed by atoms with Crippen molar-refractivity contribution in [1.82, 2.24) is 14.5 Å². The van der Waals surface area contributed by atoms with Gasteiger partial charge in [0, 0.05) is 18.0 Å². The number of anilines is 1. The minimum absolute atomic E-state index is 0. The van der Waals surface area contributed by atoms with Gasteiger partial charge in [-0.15, -0.1) is 0 Å². The predicted octanol–water partition coefficient (Wildman–Crippen LogP) is -2.62. The average Bonchev–Trinajstić information content (AvgIpc) is 3.35. The van der Waals surface area contributed by atoms with Crippen molar-refractivity contribution < 1.29 is 67.7 Å². The van der Waals surface area contributed by atoms with Gasteiger partial charge in [-0.3, -0.25) is 13.6 Å². The molecule has 0 aliphatic carbocycles. The van der Waals surface area contributed by atoms with E-state index >= 15 is 0 Å². The topological polar surface area (TPSA) is 335 Å². The molecule has 4 rings (SSSR count). The number of phosphoric acid groups is 2. The summed E-state index contributed by atoms with van der Waals surface area (Å²) in [5.41, 5.74) is 10.9. The number of nitrogen functional groups attached to an aromatic ring is 1. The van der Waals surface area contributed by atoms with Crippen molar-refractivity contribution in [2.45, 2.75) is 63.4 Å². The molecule has 8 unspecified atom stereocenters. The van der Waals surface area contributed by atoms with Crippen molar-refractivity contribution >= 4 is 49.9 Å². The van der Waals surface area contributed by atoms with Gasteiger partial charge in [0.1, 0.15) is 54.1 Å². The molecule has 256 valence electrons. The van der Waals surface area contributed by atoms with Crippen molar-refractivity contribution in [3.63, 3.8) is 0 Å². The number of ether oxygens (including phenoxy) is 2. The van der Waals surface area contributed by atoms with Gasteiger partial charge in [-0.1, -0.05) is 14.0 Å². The third kappa shape index (κ3) is 10.1. The molecule has 3 aliphatic heterocycles. The van der Waals surface area contributed by atoms with Crippen LogP contribution in [-0.4, -0.2) is 116 Å². The second-order valence-electron chi connectivity index (χ2n) is 9.46. The molecule has 0 spiro atoms. The maximum absolute atomic E-state index is 11.8. The van der Waals surface area contributed by atoms with Gasteiger partial charge in [-0.2, -0.15) is 4.98 Å². The van der Waals surface area contributed by atoms with Crippen LogP contribution in [0.5, 0.6) is 0 Å². The lowest BCUT2D eigenvalue weighted by molar-refractivity contribution is -0.0687. The third-order valence-electron chi connectivity index (χ3n) is 6.26. The van der Waals surface area contributed by atoms with Crippen molar-refractivity contribution in [2.75, 3.05) is 18.9 Å². The normalized spacial score (nSPS) is 30.3. The van der Waals surface area contributed by atoms with Crippen LogP contribution in [0.2, 0.25) is 0 Å². The van der Waals surface area contributed by atoms with Gasteiger partial charge in [-0.25, -0.2) is 18.9 Å². The van der Waals surface area contributed by atoms with Crippen LogP contribution in [0.25, 0.3) is 0 Å². The number of aliphatic hydroxyl groups is 4. The molecule has 2 saturated heterocycles. The standard InChI is InChI=1S/C11H18N3O7P.C9H13IN3O8P.CH4/c1-5-3-14(6(2)13-10(5)12)11-9(16)8(15)7(21-11)4-20-22(17,18)19;10-3-1-13(9(16)12-7(3)11)8-6(15)5(14)4(21-8)2-20-22(17,18)19;/h3,7-9,11,15-16H,2,4H2,1H3,(H2,12,13)(H2,17,18,19);1,4-6,8,14-15H,2H2,(H2,11,12,16)(H2,17,18,19);1H4. The molecule has 21 nitrogen and oxygen atoms in total. The zero-order chi connectivity index (χ0) is 33.3. The monoisotopic (exact) mass is 800 g/mol. The highest BCUT2D eigenvalue weighted by atomic mass is 127. The predicted molar refractivity (Wildman–Crippen MR) is 161 cm³/mol. The number of hydrogen-bond acceptors (Lipinski definition) is 16. The summed E-state index contributed by atoms with van der Waals surface area (Å²) in [4.78, 5) is 55.3. The molecule has 1 aromatic rings. The van der Waals surface area contributed by atoms with Crippen molar-refractivity contribution in [2.24, 2.45) is 10.7 Å². The van der Waals surface area contributed by atoms with E-state index in [-0.39, 0.29) is 24.9 Å². The first-order chi connectivity index (χ1) is 20.2. The zero-order valence-corrected chi connectivity index (χ0v) is 26.5. The molecule has 4 heterocycles. The molecular weight excluding hydrogens is 765 g/mol. The van der Waals surface area contributed by atoms with Crippen LogP contribution in [0.1, 0.15) is 20.6 Å². The van der Waals surface area contributed by atoms with E-state index in [0.717, 1.165) is 4.57 Å². The van der Waals surface area contributed by atoms with E-state index in [1.54, 1.807) is 13.1 Å². The van der Waals surface area contributed by atoms with Crippen LogP contribution >= 0.6 is 38.2 Å². The Bertz CT molecular complexity index is 1450. The van der Waals surface area contributed by atoms with Crippen molar-refractivity contribution in [1.29, 1.82) is 0 Å². The van der Waals surface area contributed by atoms with Gasteiger partial charge in [0.05, 0.1) is 16.8 Å². The second kappa shape index (κ2) is 15.4. The summed E-state index contributed by atoms with van der Waals surface area (Å²) in [7, 11) is -9.45. The number of halogens is 1. The molecule has 3 aliphatic rings. The molecule has 0 saturated carbocycles. The number of amidine groups is 1. The molecule has 0 aromatic carbocycles. The van der Waals surface area contributed by atoms with E-state index in [1.165, 1.54) is 11.1 Å². The summed E-state index contributed by atoms with van der Waals surface area (Å²) >= 11 is 1.82. The van der Waals surface area contributed by atoms with Crippen LogP contribution in [0, 0.1) is 3.57 Å². The maximum atomic E-state index is 11.8. The fourth-order valence-electron chi connectivity index (χ4n) is 4.03. The lowest BCUT2D eigenvalue weighted by Crippen LogP contribution is -2.42. The molecule has 0 radical (unpaired) electrons. The first-order valence-corrected chi connectivity index (χ1v) is 16.3. The van der Waals surface area contributed by atoms with E-state index in [9.17, 15) is 34.4 Å². The number of aliphatic imine (C=N–C) groups is 1. The number of aliphatic hydroxyl groups excluding tert-OH is 4. The zero-order valence-electron chi connectivity index (χ0n) is 22.5. The minimum Gasteiger partial charge on any atom is -0.387 e. The highest BCUT2D eigenvalue weighted by molar-refractivity contribution is 14.1. The van der Waals surface area contributed by atoms with Gasteiger partial charge in [-0.05, 0) is 29.5 Å². The minimum atomic E-state index is -4.75. The Morgan fingerprint density at radius 3 is 1.91 bits per heavy atom. The number of nitrogens with zero attached hydrogens (tertiary/aromatic N) is 4. The van der Waals surface area contributed by atoms with E-state index in [2.05, 4.69) is 25.6 Å². The Hall–Kier alpha value is -1.86. The molecule has 24 heteroatoms.